The van der Waals surface area contributed by atoms with Crippen LogP contribution in [-0.2, 0) is 0 Å². The topological polar surface area (TPSA) is 36.4 Å². The van der Waals surface area contributed by atoms with Crippen molar-refractivity contribution in [2.45, 2.75) is 45.2 Å². The number of benzene rings is 1. The van der Waals surface area contributed by atoms with Gasteiger partial charge in [0.1, 0.15) is 0 Å². The van der Waals surface area contributed by atoms with Gasteiger partial charge in [-0.25, -0.2) is 0 Å². The summed E-state index contributed by atoms with van der Waals surface area (Å²) >= 11 is 3.48. The number of hydrogen-bond donors (Lipinski definition) is 2. The van der Waals surface area contributed by atoms with Gasteiger partial charge in [0.25, 0.3) is 0 Å². The van der Waals surface area contributed by atoms with Gasteiger partial charge in [-0.2, -0.15) is 0 Å². The van der Waals surface area contributed by atoms with Crippen LogP contribution in [0.15, 0.2) is 33.7 Å². The molecule has 0 heterocycles. The van der Waals surface area contributed by atoms with Crippen molar-refractivity contribution in [2.24, 2.45) is 10.9 Å². The van der Waals surface area contributed by atoms with E-state index in [2.05, 4.69) is 76.6 Å². The zero-order chi connectivity index (χ0) is 14.7. The first-order valence-corrected chi connectivity index (χ1v) is 8.06. The minimum Gasteiger partial charge on any atom is -0.354 e. The minimum absolute atomic E-state index is 0.422. The van der Waals surface area contributed by atoms with Gasteiger partial charge < -0.3 is 10.6 Å². The largest absolute Gasteiger partial charge is 0.354 e. The molecule has 20 heavy (non-hydrogen) atoms. The van der Waals surface area contributed by atoms with Gasteiger partial charge in [0, 0.05) is 29.5 Å². The minimum atomic E-state index is 0.422. The van der Waals surface area contributed by atoms with Crippen molar-refractivity contribution in [3.63, 3.8) is 0 Å². The van der Waals surface area contributed by atoms with E-state index >= 15 is 0 Å². The average Bonchev–Trinajstić information content (AvgIpc) is 3.17. The molecule has 0 bridgehead atoms. The quantitative estimate of drug-likeness (QED) is 0.651. The fraction of sp³-hybridized carbons (Fsp3) is 0.562. The SMILES string of the molecule is CN=C(NC(C)C(C)C)NC1CC1c1ccc(Br)cc1. The standard InChI is InChI=1S/C16H24BrN3/c1-10(2)11(3)19-16(18-4)20-15-9-14(15)12-5-7-13(17)8-6-12/h5-8,10-11,14-15H,9H2,1-4H3,(H2,18,19,20). The molecule has 0 aromatic heterocycles. The molecule has 0 saturated heterocycles. The Labute approximate surface area is 130 Å². The first kappa shape index (κ1) is 15.4. The zero-order valence-electron chi connectivity index (χ0n) is 12.7. The number of nitrogens with zero attached hydrogens (tertiary/aromatic N) is 1. The zero-order valence-corrected chi connectivity index (χ0v) is 14.2. The second-order valence-corrected chi connectivity index (χ2v) is 6.81. The second-order valence-electron chi connectivity index (χ2n) is 5.89. The Hall–Kier alpha value is -1.03. The van der Waals surface area contributed by atoms with Crippen molar-refractivity contribution in [3.05, 3.63) is 34.3 Å². The van der Waals surface area contributed by atoms with E-state index in [-0.39, 0.29) is 0 Å². The summed E-state index contributed by atoms with van der Waals surface area (Å²) in [6.07, 6.45) is 1.18. The molecule has 0 spiro atoms. The monoisotopic (exact) mass is 337 g/mol. The molecule has 1 aliphatic carbocycles. The number of hydrogen-bond acceptors (Lipinski definition) is 1. The lowest BCUT2D eigenvalue weighted by atomic mass is 10.1. The summed E-state index contributed by atoms with van der Waals surface area (Å²) < 4.78 is 1.13. The Morgan fingerprint density at radius 2 is 1.90 bits per heavy atom. The third-order valence-electron chi connectivity index (χ3n) is 4.00. The van der Waals surface area contributed by atoms with Gasteiger partial charge >= 0.3 is 0 Å². The van der Waals surface area contributed by atoms with E-state index in [1.807, 2.05) is 7.05 Å². The lowest BCUT2D eigenvalue weighted by Crippen LogP contribution is -2.45. The number of guanidine groups is 1. The molecular formula is C16H24BrN3. The molecule has 3 nitrogen and oxygen atoms in total. The molecule has 0 aliphatic heterocycles. The van der Waals surface area contributed by atoms with Crippen LogP contribution in [0.4, 0.5) is 0 Å². The highest BCUT2D eigenvalue weighted by atomic mass is 79.9. The highest BCUT2D eigenvalue weighted by molar-refractivity contribution is 9.10. The van der Waals surface area contributed by atoms with Gasteiger partial charge in [0.05, 0.1) is 0 Å². The normalized spacial score (nSPS) is 23.6. The van der Waals surface area contributed by atoms with E-state index < -0.39 is 0 Å². The first-order valence-electron chi connectivity index (χ1n) is 7.26. The van der Waals surface area contributed by atoms with E-state index in [0.717, 1.165) is 10.4 Å². The number of nitrogens with one attached hydrogen (secondary N) is 2. The van der Waals surface area contributed by atoms with Gasteiger partial charge in [-0.3, -0.25) is 4.99 Å². The second kappa shape index (κ2) is 6.61. The van der Waals surface area contributed by atoms with Gasteiger partial charge in [-0.05, 0) is 37.0 Å². The van der Waals surface area contributed by atoms with Crippen molar-refractivity contribution in [3.8, 4) is 0 Å². The van der Waals surface area contributed by atoms with Gasteiger partial charge in [-0.1, -0.05) is 41.9 Å². The maximum atomic E-state index is 4.32. The summed E-state index contributed by atoms with van der Waals surface area (Å²) in [7, 11) is 1.83. The fourth-order valence-corrected chi connectivity index (χ4v) is 2.43. The Kier molecular flexibility index (Phi) is 5.08. The van der Waals surface area contributed by atoms with Crippen molar-refractivity contribution < 1.29 is 0 Å². The Morgan fingerprint density at radius 3 is 2.45 bits per heavy atom. The highest BCUT2D eigenvalue weighted by Gasteiger charge is 2.39. The number of halogens is 1. The molecule has 1 aromatic carbocycles. The molecule has 2 rings (SSSR count). The van der Waals surface area contributed by atoms with E-state index in [0.29, 0.717) is 23.9 Å². The van der Waals surface area contributed by atoms with E-state index in [1.165, 1.54) is 12.0 Å². The number of aliphatic imine (C=N–C) groups is 1. The lowest BCUT2D eigenvalue weighted by Gasteiger charge is -2.20. The van der Waals surface area contributed by atoms with Crippen LogP contribution in [0.3, 0.4) is 0 Å². The van der Waals surface area contributed by atoms with Crippen molar-refractivity contribution >= 4 is 21.9 Å². The predicted molar refractivity (Wildman–Crippen MR) is 89.2 cm³/mol. The smallest absolute Gasteiger partial charge is 0.191 e. The highest BCUT2D eigenvalue weighted by Crippen LogP contribution is 2.40. The summed E-state index contributed by atoms with van der Waals surface area (Å²) in [5.74, 6) is 2.11. The van der Waals surface area contributed by atoms with Crippen LogP contribution >= 0.6 is 15.9 Å². The third-order valence-corrected chi connectivity index (χ3v) is 4.53. The van der Waals surface area contributed by atoms with Gasteiger partial charge in [0.15, 0.2) is 5.96 Å². The summed E-state index contributed by atoms with van der Waals surface area (Å²) in [5, 5.41) is 6.97. The van der Waals surface area contributed by atoms with Crippen LogP contribution in [-0.4, -0.2) is 25.1 Å². The molecular weight excluding hydrogens is 314 g/mol. The van der Waals surface area contributed by atoms with Crippen LogP contribution in [0.25, 0.3) is 0 Å². The van der Waals surface area contributed by atoms with Crippen LogP contribution < -0.4 is 10.6 Å². The molecule has 1 saturated carbocycles. The fourth-order valence-electron chi connectivity index (χ4n) is 2.16. The maximum Gasteiger partial charge on any atom is 0.191 e. The average molecular weight is 338 g/mol. The lowest BCUT2D eigenvalue weighted by molar-refractivity contribution is 0.480. The summed E-state index contributed by atoms with van der Waals surface area (Å²) in [5.41, 5.74) is 1.40. The van der Waals surface area contributed by atoms with Crippen LogP contribution in [0.1, 0.15) is 38.7 Å². The Balaban J connectivity index is 1.87. The summed E-state index contributed by atoms with van der Waals surface area (Å²) in [6, 6.07) is 9.54. The Bertz CT molecular complexity index is 467. The number of rotatable bonds is 4. The molecule has 110 valence electrons. The van der Waals surface area contributed by atoms with E-state index in [4.69, 9.17) is 0 Å². The van der Waals surface area contributed by atoms with Crippen LogP contribution in [0.5, 0.6) is 0 Å². The maximum absolute atomic E-state index is 4.32. The van der Waals surface area contributed by atoms with Crippen molar-refractivity contribution in [1.29, 1.82) is 0 Å². The first-order chi connectivity index (χ1) is 9.51. The van der Waals surface area contributed by atoms with Crippen LogP contribution in [0, 0.1) is 5.92 Å². The van der Waals surface area contributed by atoms with Gasteiger partial charge in [-0.15, -0.1) is 0 Å². The van der Waals surface area contributed by atoms with Crippen LogP contribution in [0.2, 0.25) is 0 Å². The molecule has 1 fully saturated rings. The van der Waals surface area contributed by atoms with Crippen molar-refractivity contribution in [2.75, 3.05) is 7.05 Å². The molecule has 2 N–H and O–H groups in total. The molecule has 4 heteroatoms. The van der Waals surface area contributed by atoms with Crippen molar-refractivity contribution in [1.82, 2.24) is 10.6 Å². The van der Waals surface area contributed by atoms with Gasteiger partial charge in [0.2, 0.25) is 0 Å². The van der Waals surface area contributed by atoms with E-state index in [1.54, 1.807) is 0 Å². The predicted octanol–water partition coefficient (Wildman–Crippen LogP) is 3.51. The Morgan fingerprint density at radius 1 is 1.25 bits per heavy atom. The molecule has 3 unspecified atom stereocenters. The summed E-state index contributed by atoms with van der Waals surface area (Å²) in [4.78, 5) is 4.32. The molecule has 0 radical (unpaired) electrons. The molecule has 3 atom stereocenters. The van der Waals surface area contributed by atoms with E-state index in [9.17, 15) is 0 Å². The summed E-state index contributed by atoms with van der Waals surface area (Å²) in [6.45, 7) is 6.62. The molecule has 1 aromatic rings. The third kappa shape index (κ3) is 3.98. The molecule has 1 aliphatic rings. The molecule has 0 amide bonds.